The molecular weight excluding hydrogens is 476 g/mol. The fourth-order valence-electron chi connectivity index (χ4n) is 6.57. The Morgan fingerprint density at radius 1 is 1.06 bits per heavy atom. The number of piperazine rings is 1. The molecule has 1 N–H and O–H groups in total. The monoisotopic (exact) mass is 512 g/mol. The van der Waals surface area contributed by atoms with Crippen LogP contribution in [0.3, 0.4) is 0 Å². The number of hydrogen-bond acceptors (Lipinski definition) is 7. The number of rotatable bonds is 6. The lowest BCUT2D eigenvalue weighted by Crippen LogP contribution is -2.60. The molecule has 3 saturated heterocycles. The molecule has 0 unspecified atom stereocenters. The molecule has 5 aliphatic rings. The van der Waals surface area contributed by atoms with Crippen molar-refractivity contribution in [3.8, 4) is 0 Å². The first-order valence-corrected chi connectivity index (χ1v) is 14.7. The summed E-state index contributed by atoms with van der Waals surface area (Å²) in [5.74, 6) is -0.372. The lowest BCUT2D eigenvalue weighted by atomic mass is 9.93. The summed E-state index contributed by atoms with van der Waals surface area (Å²) < 4.78 is 5.74. The first kappa shape index (κ1) is 24.2. The van der Waals surface area contributed by atoms with E-state index in [1.165, 1.54) is 12.8 Å². The highest BCUT2D eigenvalue weighted by atomic mass is 32.2. The highest BCUT2D eigenvalue weighted by Crippen LogP contribution is 2.39. The van der Waals surface area contributed by atoms with Crippen molar-refractivity contribution in [1.29, 1.82) is 0 Å². The Labute approximate surface area is 217 Å². The molecule has 5 fully saturated rings. The molecule has 6 rings (SSSR count). The molecule has 2 aliphatic carbocycles. The average molecular weight is 513 g/mol. The summed E-state index contributed by atoms with van der Waals surface area (Å²) >= 11 is 1.64. The van der Waals surface area contributed by atoms with E-state index in [-0.39, 0.29) is 35.6 Å². The largest absolute Gasteiger partial charge is 0.369 e. The number of ketones is 1. The number of anilines is 1. The van der Waals surface area contributed by atoms with E-state index in [1.807, 2.05) is 30.5 Å². The van der Waals surface area contributed by atoms with Crippen molar-refractivity contribution in [2.24, 2.45) is 0 Å². The van der Waals surface area contributed by atoms with Crippen LogP contribution in [-0.4, -0.2) is 102 Å². The Balaban J connectivity index is 1.14. The van der Waals surface area contributed by atoms with Crippen LogP contribution in [0.1, 0.15) is 48.9 Å². The van der Waals surface area contributed by atoms with E-state index in [9.17, 15) is 14.4 Å². The highest BCUT2D eigenvalue weighted by Gasteiger charge is 2.56. The van der Waals surface area contributed by atoms with Gasteiger partial charge in [-0.2, -0.15) is 11.8 Å². The maximum Gasteiger partial charge on any atom is 0.252 e. The molecule has 3 atom stereocenters. The summed E-state index contributed by atoms with van der Waals surface area (Å²) in [5.41, 5.74) is 0.755. The number of nitrogens with zero attached hydrogens (tertiary/aromatic N) is 3. The summed E-state index contributed by atoms with van der Waals surface area (Å²) in [6.07, 6.45) is 7.41. The zero-order chi connectivity index (χ0) is 24.9. The topological polar surface area (TPSA) is 82.2 Å². The number of carbonyl (C=O) groups excluding carboxylic acids is 3. The van der Waals surface area contributed by atoms with Crippen molar-refractivity contribution in [3.63, 3.8) is 0 Å². The molecule has 194 valence electrons. The minimum atomic E-state index is -0.949. The molecule has 0 aromatic heterocycles. The molecule has 0 radical (unpaired) electrons. The van der Waals surface area contributed by atoms with Gasteiger partial charge in [0.1, 0.15) is 18.2 Å². The van der Waals surface area contributed by atoms with Crippen molar-refractivity contribution in [1.82, 2.24) is 15.1 Å². The van der Waals surface area contributed by atoms with Crippen LogP contribution >= 0.6 is 11.8 Å². The second-order valence-corrected chi connectivity index (χ2v) is 12.0. The minimum Gasteiger partial charge on any atom is -0.369 e. The SMILES string of the molecule is CS[C@H]1CN(C(=O)C2(NC(=O)c3ccc(N4CCN(C5CC5)CC4)cc3)CCCC2)[C@@H]2C(=O)CO[C@H]12. The number of Topliss-reactive ketones (excluding diaryl/α,β-unsaturated/α-hetero) is 1. The normalized spacial score (nSPS) is 30.0. The molecule has 3 heterocycles. The van der Waals surface area contributed by atoms with Gasteiger partial charge in [-0.25, -0.2) is 0 Å². The van der Waals surface area contributed by atoms with Crippen molar-refractivity contribution >= 4 is 35.0 Å². The fourth-order valence-corrected chi connectivity index (χ4v) is 7.38. The summed E-state index contributed by atoms with van der Waals surface area (Å²) in [6, 6.07) is 8.07. The van der Waals surface area contributed by atoms with E-state index < -0.39 is 11.6 Å². The Morgan fingerprint density at radius 3 is 2.39 bits per heavy atom. The number of ether oxygens (including phenoxy) is 1. The van der Waals surface area contributed by atoms with Crippen molar-refractivity contribution in [2.75, 3.05) is 50.5 Å². The number of carbonyl (C=O) groups is 3. The molecule has 0 bridgehead atoms. The molecular formula is C27H36N4O4S. The zero-order valence-electron chi connectivity index (χ0n) is 21.0. The van der Waals surface area contributed by atoms with Crippen LogP contribution in [0, 0.1) is 0 Å². The Hall–Kier alpha value is -2.10. The van der Waals surface area contributed by atoms with Crippen molar-refractivity contribution in [3.05, 3.63) is 29.8 Å². The third kappa shape index (κ3) is 4.33. The van der Waals surface area contributed by atoms with Crippen molar-refractivity contribution in [2.45, 2.75) is 67.5 Å². The van der Waals surface area contributed by atoms with E-state index in [1.54, 1.807) is 16.7 Å². The summed E-state index contributed by atoms with van der Waals surface area (Å²) in [4.78, 5) is 46.5. The summed E-state index contributed by atoms with van der Waals surface area (Å²) in [5, 5.41) is 3.21. The van der Waals surface area contributed by atoms with Gasteiger partial charge in [-0.15, -0.1) is 0 Å². The third-order valence-corrected chi connectivity index (χ3v) is 9.82. The van der Waals surface area contributed by atoms with Gasteiger partial charge in [0, 0.05) is 50.0 Å². The average Bonchev–Trinajstić information content (AvgIpc) is 3.35. The second kappa shape index (κ2) is 9.65. The quantitative estimate of drug-likeness (QED) is 0.624. The number of fused-ring (bicyclic) bond motifs is 1. The molecule has 1 aromatic rings. The number of nitrogens with one attached hydrogen (secondary N) is 1. The van der Waals surface area contributed by atoms with Gasteiger partial charge in [0.2, 0.25) is 5.91 Å². The maximum absolute atomic E-state index is 13.9. The predicted molar refractivity (Wildman–Crippen MR) is 139 cm³/mol. The molecule has 2 amide bonds. The van der Waals surface area contributed by atoms with E-state index in [0.717, 1.165) is 50.7 Å². The van der Waals surface area contributed by atoms with Crippen molar-refractivity contribution < 1.29 is 19.1 Å². The van der Waals surface area contributed by atoms with Crippen LogP contribution < -0.4 is 10.2 Å². The Kier molecular flexibility index (Phi) is 6.50. The zero-order valence-corrected chi connectivity index (χ0v) is 21.8. The molecule has 36 heavy (non-hydrogen) atoms. The van der Waals surface area contributed by atoms with Gasteiger partial charge < -0.3 is 19.9 Å². The highest BCUT2D eigenvalue weighted by molar-refractivity contribution is 7.99. The third-order valence-electron chi connectivity index (χ3n) is 8.79. The Bertz CT molecular complexity index is 1020. The lowest BCUT2D eigenvalue weighted by Gasteiger charge is -2.36. The van der Waals surface area contributed by atoms with Gasteiger partial charge in [-0.05, 0) is 56.2 Å². The summed E-state index contributed by atoms with van der Waals surface area (Å²) in [7, 11) is 0. The van der Waals surface area contributed by atoms with Gasteiger partial charge in [0.05, 0.1) is 11.4 Å². The van der Waals surface area contributed by atoms with Crippen LogP contribution in [0.2, 0.25) is 0 Å². The maximum atomic E-state index is 13.9. The molecule has 0 spiro atoms. The van der Waals surface area contributed by atoms with E-state index in [4.69, 9.17) is 4.74 Å². The number of likely N-dealkylation sites (tertiary alicyclic amines) is 1. The number of thioether (sulfide) groups is 1. The van der Waals surface area contributed by atoms with E-state index in [2.05, 4.69) is 15.1 Å². The molecule has 2 saturated carbocycles. The van der Waals surface area contributed by atoms with Gasteiger partial charge in [-0.3, -0.25) is 19.3 Å². The van der Waals surface area contributed by atoms with Gasteiger partial charge in [0.25, 0.3) is 5.91 Å². The first-order valence-electron chi connectivity index (χ1n) is 13.4. The molecule has 8 nitrogen and oxygen atoms in total. The lowest BCUT2D eigenvalue weighted by molar-refractivity contribution is -0.141. The molecule has 3 aliphatic heterocycles. The minimum absolute atomic E-state index is 0.0297. The smallest absolute Gasteiger partial charge is 0.252 e. The van der Waals surface area contributed by atoms with Gasteiger partial charge >= 0.3 is 0 Å². The van der Waals surface area contributed by atoms with Crippen LogP contribution in [0.25, 0.3) is 0 Å². The predicted octanol–water partition coefficient (Wildman–Crippen LogP) is 1.92. The van der Waals surface area contributed by atoms with E-state index >= 15 is 0 Å². The van der Waals surface area contributed by atoms with Crippen LogP contribution in [0.4, 0.5) is 5.69 Å². The number of hydrogen-bond donors (Lipinski definition) is 1. The van der Waals surface area contributed by atoms with Gasteiger partial charge in [0.15, 0.2) is 5.78 Å². The van der Waals surface area contributed by atoms with Gasteiger partial charge in [-0.1, -0.05) is 12.8 Å². The van der Waals surface area contributed by atoms with E-state index in [0.29, 0.717) is 24.9 Å². The number of amides is 2. The first-order chi connectivity index (χ1) is 17.5. The second-order valence-electron chi connectivity index (χ2n) is 11.0. The van der Waals surface area contributed by atoms with Crippen LogP contribution in [0.5, 0.6) is 0 Å². The van der Waals surface area contributed by atoms with Crippen LogP contribution in [0.15, 0.2) is 24.3 Å². The Morgan fingerprint density at radius 2 is 1.75 bits per heavy atom. The molecule has 1 aromatic carbocycles. The summed E-state index contributed by atoms with van der Waals surface area (Å²) in [6.45, 7) is 4.77. The fraction of sp³-hybridized carbons (Fsp3) is 0.667. The standard InChI is InChI=1S/C27H36N4O4S/c1-36-22-16-31(23-21(32)17-35-24(22)23)26(34)27(10-2-3-11-27)28-25(33)18-4-6-19(7-5-18)29-12-14-30(15-13-29)20-8-9-20/h4-7,20,22-24H,2-3,8-17H2,1H3,(H,28,33)/t22-,23+,24+/m0/s1. The molecule has 9 heteroatoms. The number of benzene rings is 1. The van der Waals surface area contributed by atoms with Crippen LogP contribution in [-0.2, 0) is 14.3 Å².